The van der Waals surface area contributed by atoms with E-state index in [1.54, 1.807) is 6.92 Å². The fraction of sp³-hybridized carbons (Fsp3) is 1.00. The van der Waals surface area contributed by atoms with Crippen LogP contribution in [0, 0.1) is 0 Å². The van der Waals surface area contributed by atoms with Gasteiger partial charge in [0.1, 0.15) is 0 Å². The number of hydrogen-bond acceptors (Lipinski definition) is 5. The molecule has 0 amide bonds. The van der Waals surface area contributed by atoms with Crippen LogP contribution in [0.1, 0.15) is 13.8 Å². The van der Waals surface area contributed by atoms with Crippen LogP contribution < -0.4 is 5.32 Å². The third kappa shape index (κ3) is 5.25. The van der Waals surface area contributed by atoms with Crippen LogP contribution >= 0.6 is 0 Å². The van der Waals surface area contributed by atoms with Gasteiger partial charge in [0.2, 0.25) is 0 Å². The van der Waals surface area contributed by atoms with Crippen LogP contribution in [0.5, 0.6) is 0 Å². The summed E-state index contributed by atoms with van der Waals surface area (Å²) in [7, 11) is -2.91. The van der Waals surface area contributed by atoms with Crippen molar-refractivity contribution in [3.05, 3.63) is 0 Å². The molecule has 1 aliphatic rings. The first-order valence-corrected chi connectivity index (χ1v) is 7.49. The first-order chi connectivity index (χ1) is 7.53. The van der Waals surface area contributed by atoms with Gasteiger partial charge in [0.15, 0.2) is 9.84 Å². The molecule has 6 heteroatoms. The van der Waals surface area contributed by atoms with Crippen molar-refractivity contribution in [3.8, 4) is 0 Å². The smallest absolute Gasteiger partial charge is 0.151 e. The van der Waals surface area contributed by atoms with E-state index in [-0.39, 0.29) is 23.7 Å². The topological polar surface area (TPSA) is 64.6 Å². The first-order valence-electron chi connectivity index (χ1n) is 5.66. The average Bonchev–Trinajstić information content (AvgIpc) is 2.27. The van der Waals surface area contributed by atoms with E-state index in [1.807, 2.05) is 6.92 Å². The van der Waals surface area contributed by atoms with Crippen LogP contribution in [0.15, 0.2) is 0 Å². The first kappa shape index (κ1) is 13.9. The van der Waals surface area contributed by atoms with Gasteiger partial charge in [-0.05, 0) is 6.92 Å². The minimum Gasteiger partial charge on any atom is -0.376 e. The monoisotopic (exact) mass is 251 g/mol. The molecule has 0 aromatic rings. The quantitative estimate of drug-likeness (QED) is 0.709. The highest BCUT2D eigenvalue weighted by atomic mass is 32.2. The van der Waals surface area contributed by atoms with Crippen LogP contribution in [0.4, 0.5) is 0 Å². The van der Waals surface area contributed by atoms with Crippen LogP contribution in [0.3, 0.4) is 0 Å². The van der Waals surface area contributed by atoms with Gasteiger partial charge in [0, 0.05) is 18.3 Å². The van der Waals surface area contributed by atoms with E-state index in [0.717, 1.165) is 0 Å². The van der Waals surface area contributed by atoms with Crippen LogP contribution in [0.2, 0.25) is 0 Å². The number of sulfone groups is 1. The second-order valence-corrected chi connectivity index (χ2v) is 6.47. The van der Waals surface area contributed by atoms with Gasteiger partial charge in [-0.15, -0.1) is 0 Å². The van der Waals surface area contributed by atoms with Gasteiger partial charge < -0.3 is 14.8 Å². The molecular formula is C10H21NO4S. The fourth-order valence-electron chi connectivity index (χ4n) is 1.54. The van der Waals surface area contributed by atoms with E-state index < -0.39 is 9.84 Å². The van der Waals surface area contributed by atoms with Gasteiger partial charge in [0.25, 0.3) is 0 Å². The predicted molar refractivity (Wildman–Crippen MR) is 62.4 cm³/mol. The lowest BCUT2D eigenvalue weighted by atomic mass is 10.3. The Balaban J connectivity index is 2.21. The van der Waals surface area contributed by atoms with E-state index in [2.05, 4.69) is 5.32 Å². The molecule has 1 aliphatic heterocycles. The summed E-state index contributed by atoms with van der Waals surface area (Å²) in [6, 6.07) is -0.0459. The van der Waals surface area contributed by atoms with Crippen molar-refractivity contribution in [1.29, 1.82) is 0 Å². The molecule has 5 nitrogen and oxygen atoms in total. The zero-order valence-electron chi connectivity index (χ0n) is 9.94. The molecule has 1 saturated heterocycles. The van der Waals surface area contributed by atoms with Crippen molar-refractivity contribution in [2.75, 3.05) is 37.9 Å². The highest BCUT2D eigenvalue weighted by Crippen LogP contribution is 2.00. The number of ether oxygens (including phenoxy) is 2. The Morgan fingerprint density at radius 1 is 1.44 bits per heavy atom. The Labute approximate surface area is 97.4 Å². The van der Waals surface area contributed by atoms with E-state index >= 15 is 0 Å². The van der Waals surface area contributed by atoms with Gasteiger partial charge in [-0.3, -0.25) is 0 Å². The lowest BCUT2D eigenvalue weighted by Gasteiger charge is -2.24. The largest absolute Gasteiger partial charge is 0.376 e. The molecule has 0 radical (unpaired) electrons. The Kier molecular flexibility index (Phi) is 5.68. The Bertz CT molecular complexity index is 285. The molecule has 0 spiro atoms. The van der Waals surface area contributed by atoms with Gasteiger partial charge in [-0.1, -0.05) is 6.92 Å². The minimum absolute atomic E-state index is 0.0422. The fourth-order valence-corrected chi connectivity index (χ4v) is 2.66. The summed E-state index contributed by atoms with van der Waals surface area (Å²) in [5.74, 6) is 0.374. The van der Waals surface area contributed by atoms with Crippen LogP contribution in [0.25, 0.3) is 0 Å². The molecule has 2 atom stereocenters. The zero-order chi connectivity index (χ0) is 12.0. The van der Waals surface area contributed by atoms with Crippen molar-refractivity contribution >= 4 is 9.84 Å². The standard InChI is InChI=1S/C10H21NO4S/c1-3-16(12,13)8-9(2)11-6-10-7-14-4-5-15-10/h9-11H,3-8H2,1-2H3. The molecule has 1 N–H and O–H groups in total. The lowest BCUT2D eigenvalue weighted by molar-refractivity contribution is -0.0868. The molecule has 96 valence electrons. The highest BCUT2D eigenvalue weighted by molar-refractivity contribution is 7.91. The molecule has 0 saturated carbocycles. The van der Waals surface area contributed by atoms with E-state index in [0.29, 0.717) is 26.4 Å². The molecule has 1 fully saturated rings. The molecule has 0 aliphatic carbocycles. The summed E-state index contributed by atoms with van der Waals surface area (Å²) in [6.45, 7) is 6.03. The summed E-state index contributed by atoms with van der Waals surface area (Å²) < 4.78 is 33.4. The van der Waals surface area contributed by atoms with E-state index in [1.165, 1.54) is 0 Å². The van der Waals surface area contributed by atoms with Gasteiger partial charge in [-0.2, -0.15) is 0 Å². The van der Waals surface area contributed by atoms with E-state index in [4.69, 9.17) is 9.47 Å². The Morgan fingerprint density at radius 2 is 2.19 bits per heavy atom. The summed E-state index contributed by atoms with van der Waals surface area (Å²) in [4.78, 5) is 0. The predicted octanol–water partition coefficient (Wildman–Crippen LogP) is -0.185. The molecule has 0 aromatic heterocycles. The van der Waals surface area contributed by atoms with Crippen molar-refractivity contribution in [1.82, 2.24) is 5.32 Å². The summed E-state index contributed by atoms with van der Waals surface area (Å²) >= 11 is 0. The van der Waals surface area contributed by atoms with Crippen molar-refractivity contribution in [2.24, 2.45) is 0 Å². The molecule has 0 aromatic carbocycles. The van der Waals surface area contributed by atoms with Gasteiger partial charge in [-0.25, -0.2) is 8.42 Å². The Hall–Kier alpha value is -0.170. The molecule has 2 unspecified atom stereocenters. The molecule has 1 heterocycles. The lowest BCUT2D eigenvalue weighted by Crippen LogP contribution is -2.42. The SMILES string of the molecule is CCS(=O)(=O)CC(C)NCC1COCCO1. The molecule has 1 rings (SSSR count). The number of nitrogens with one attached hydrogen (secondary N) is 1. The maximum Gasteiger partial charge on any atom is 0.151 e. The van der Waals surface area contributed by atoms with Crippen molar-refractivity contribution < 1.29 is 17.9 Å². The Morgan fingerprint density at radius 3 is 2.75 bits per heavy atom. The second kappa shape index (κ2) is 6.54. The van der Waals surface area contributed by atoms with Gasteiger partial charge >= 0.3 is 0 Å². The van der Waals surface area contributed by atoms with E-state index in [9.17, 15) is 8.42 Å². The van der Waals surface area contributed by atoms with Crippen molar-refractivity contribution in [2.45, 2.75) is 26.0 Å². The van der Waals surface area contributed by atoms with Gasteiger partial charge in [0.05, 0.1) is 31.7 Å². The van der Waals surface area contributed by atoms with Crippen LogP contribution in [-0.2, 0) is 19.3 Å². The molecule has 16 heavy (non-hydrogen) atoms. The maximum absolute atomic E-state index is 11.4. The average molecular weight is 251 g/mol. The normalized spacial score (nSPS) is 24.2. The molecule has 0 bridgehead atoms. The zero-order valence-corrected chi connectivity index (χ0v) is 10.8. The summed E-state index contributed by atoms with van der Waals surface area (Å²) in [6.07, 6.45) is 0.0422. The summed E-state index contributed by atoms with van der Waals surface area (Å²) in [5.41, 5.74) is 0. The minimum atomic E-state index is -2.91. The number of rotatable bonds is 6. The third-order valence-corrected chi connectivity index (χ3v) is 4.41. The van der Waals surface area contributed by atoms with Crippen LogP contribution in [-0.4, -0.2) is 58.4 Å². The van der Waals surface area contributed by atoms with Crippen molar-refractivity contribution in [3.63, 3.8) is 0 Å². The second-order valence-electron chi connectivity index (χ2n) is 4.08. The summed E-state index contributed by atoms with van der Waals surface area (Å²) in [5, 5.41) is 3.16. The molecular weight excluding hydrogens is 230 g/mol. The highest BCUT2D eigenvalue weighted by Gasteiger charge is 2.17. The number of hydrogen-bond donors (Lipinski definition) is 1. The third-order valence-electron chi connectivity index (χ3n) is 2.52. The maximum atomic E-state index is 11.4.